The summed E-state index contributed by atoms with van der Waals surface area (Å²) in [7, 11) is 0. The monoisotopic (exact) mass is 301 g/mol. The molecule has 0 fully saturated rings. The number of hydrogen-bond acceptors (Lipinski definition) is 3. The Bertz CT molecular complexity index is 716. The molecule has 0 radical (unpaired) electrons. The third kappa shape index (κ3) is 3.79. The lowest BCUT2D eigenvalue weighted by molar-refractivity contribution is -0.131. The van der Waals surface area contributed by atoms with Crippen molar-refractivity contribution in [2.75, 3.05) is 5.32 Å². The highest BCUT2D eigenvalue weighted by atomic mass is 32.1. The van der Waals surface area contributed by atoms with Crippen molar-refractivity contribution in [1.82, 2.24) is 0 Å². The number of aliphatic carboxylic acids is 1. The van der Waals surface area contributed by atoms with E-state index in [1.54, 1.807) is 11.4 Å². The predicted molar refractivity (Wildman–Crippen MR) is 84.9 cm³/mol. The molecule has 1 aromatic heterocycles. The smallest absolute Gasteiger partial charge is 0.328 e. The van der Waals surface area contributed by atoms with E-state index in [0.29, 0.717) is 10.4 Å². The Balaban J connectivity index is 2.21. The van der Waals surface area contributed by atoms with E-state index in [0.717, 1.165) is 22.9 Å². The van der Waals surface area contributed by atoms with E-state index in [4.69, 9.17) is 5.11 Å². The molecule has 0 atom stereocenters. The van der Waals surface area contributed by atoms with Crippen LogP contribution in [0.15, 0.2) is 35.7 Å². The van der Waals surface area contributed by atoms with Crippen molar-refractivity contribution in [1.29, 1.82) is 0 Å². The number of carbonyl (C=O) groups excluding carboxylic acids is 1. The molecule has 0 aliphatic heterocycles. The van der Waals surface area contributed by atoms with Crippen LogP contribution in [0.2, 0.25) is 0 Å². The molecule has 2 rings (SSSR count). The van der Waals surface area contributed by atoms with Crippen LogP contribution < -0.4 is 5.32 Å². The molecule has 5 heteroatoms. The third-order valence-corrected chi connectivity index (χ3v) is 3.87. The fraction of sp³-hybridized carbons (Fsp3) is 0.125. The van der Waals surface area contributed by atoms with E-state index in [1.165, 1.54) is 17.4 Å². The van der Waals surface area contributed by atoms with Gasteiger partial charge in [0, 0.05) is 11.8 Å². The van der Waals surface area contributed by atoms with Crippen molar-refractivity contribution in [2.24, 2.45) is 0 Å². The van der Waals surface area contributed by atoms with Crippen molar-refractivity contribution in [3.63, 3.8) is 0 Å². The van der Waals surface area contributed by atoms with Gasteiger partial charge in [0.05, 0.1) is 4.88 Å². The van der Waals surface area contributed by atoms with Gasteiger partial charge in [-0.3, -0.25) is 4.79 Å². The van der Waals surface area contributed by atoms with E-state index < -0.39 is 5.97 Å². The summed E-state index contributed by atoms with van der Waals surface area (Å²) in [5, 5.41) is 13.3. The molecule has 0 saturated carbocycles. The maximum atomic E-state index is 12.3. The van der Waals surface area contributed by atoms with E-state index in [-0.39, 0.29) is 5.91 Å². The first-order chi connectivity index (χ1) is 9.97. The second-order valence-corrected chi connectivity index (χ2v) is 5.57. The number of rotatable bonds is 4. The minimum atomic E-state index is -1.04. The fourth-order valence-corrected chi connectivity index (χ4v) is 2.71. The Kier molecular flexibility index (Phi) is 4.55. The highest BCUT2D eigenvalue weighted by molar-refractivity contribution is 7.12. The first-order valence-corrected chi connectivity index (χ1v) is 7.22. The van der Waals surface area contributed by atoms with E-state index >= 15 is 0 Å². The van der Waals surface area contributed by atoms with Crippen molar-refractivity contribution >= 4 is 35.0 Å². The van der Waals surface area contributed by atoms with Crippen LogP contribution in [0.25, 0.3) is 6.08 Å². The Morgan fingerprint density at radius 3 is 2.67 bits per heavy atom. The van der Waals surface area contributed by atoms with E-state index in [9.17, 15) is 9.59 Å². The van der Waals surface area contributed by atoms with Gasteiger partial charge in [-0.25, -0.2) is 4.79 Å². The van der Waals surface area contributed by atoms with Crippen LogP contribution >= 0.6 is 11.3 Å². The van der Waals surface area contributed by atoms with E-state index in [1.807, 2.05) is 32.0 Å². The molecule has 0 bridgehead atoms. The molecule has 108 valence electrons. The van der Waals surface area contributed by atoms with Gasteiger partial charge in [0.15, 0.2) is 0 Å². The molecular weight excluding hydrogens is 286 g/mol. The molecule has 1 amide bonds. The second-order valence-electron chi connectivity index (χ2n) is 4.65. The summed E-state index contributed by atoms with van der Waals surface area (Å²) in [5.41, 5.74) is 3.48. The minimum absolute atomic E-state index is 0.234. The number of anilines is 1. The minimum Gasteiger partial charge on any atom is -0.478 e. The summed E-state index contributed by atoms with van der Waals surface area (Å²) < 4.78 is 0. The number of amides is 1. The van der Waals surface area contributed by atoms with Gasteiger partial charge in [-0.1, -0.05) is 17.7 Å². The van der Waals surface area contributed by atoms with E-state index in [2.05, 4.69) is 5.32 Å². The number of carbonyl (C=O) groups is 2. The average molecular weight is 301 g/mol. The molecule has 4 nitrogen and oxygen atoms in total. The van der Waals surface area contributed by atoms with Gasteiger partial charge in [-0.05, 0) is 48.6 Å². The van der Waals surface area contributed by atoms with Gasteiger partial charge in [0.2, 0.25) is 0 Å². The van der Waals surface area contributed by atoms with Gasteiger partial charge >= 0.3 is 5.97 Å². The van der Waals surface area contributed by atoms with Crippen molar-refractivity contribution in [3.8, 4) is 0 Å². The lowest BCUT2D eigenvalue weighted by Crippen LogP contribution is -2.12. The molecule has 1 heterocycles. The van der Waals surface area contributed by atoms with Crippen LogP contribution in [0.3, 0.4) is 0 Å². The number of carboxylic acids is 1. The number of nitrogens with one attached hydrogen (secondary N) is 1. The number of thiophene rings is 1. The molecule has 0 aliphatic carbocycles. The zero-order chi connectivity index (χ0) is 15.4. The maximum absolute atomic E-state index is 12.3. The average Bonchev–Trinajstić information content (AvgIpc) is 2.88. The predicted octanol–water partition coefficient (Wildman–Crippen LogP) is 3.72. The quantitative estimate of drug-likeness (QED) is 0.846. The lowest BCUT2D eigenvalue weighted by atomic mass is 10.1. The molecule has 0 spiro atoms. The number of carboxylic acid groups (broad SMARTS) is 1. The van der Waals surface area contributed by atoms with Gasteiger partial charge in [0.1, 0.15) is 0 Å². The zero-order valence-electron chi connectivity index (χ0n) is 11.7. The van der Waals surface area contributed by atoms with Crippen molar-refractivity contribution < 1.29 is 14.7 Å². The summed E-state index contributed by atoms with van der Waals surface area (Å²) in [4.78, 5) is 23.3. The number of aryl methyl sites for hydroxylation is 2. The zero-order valence-corrected chi connectivity index (χ0v) is 12.5. The number of hydrogen-bond donors (Lipinski definition) is 2. The topological polar surface area (TPSA) is 66.4 Å². The Morgan fingerprint density at radius 1 is 1.24 bits per heavy atom. The van der Waals surface area contributed by atoms with Crippen LogP contribution in [0, 0.1) is 13.8 Å². The molecular formula is C16H15NO3S. The summed E-state index contributed by atoms with van der Waals surface area (Å²) in [6.45, 7) is 3.93. The molecule has 0 unspecified atom stereocenters. The van der Waals surface area contributed by atoms with Crippen LogP contribution in [0.1, 0.15) is 26.4 Å². The largest absolute Gasteiger partial charge is 0.478 e. The third-order valence-electron chi connectivity index (χ3n) is 2.94. The molecule has 0 saturated heterocycles. The number of benzene rings is 1. The first-order valence-electron chi connectivity index (χ1n) is 6.34. The summed E-state index contributed by atoms with van der Waals surface area (Å²) in [6, 6.07) is 7.52. The summed E-state index contributed by atoms with van der Waals surface area (Å²) >= 11 is 1.28. The highest BCUT2D eigenvalue weighted by Crippen LogP contribution is 2.22. The Morgan fingerprint density at radius 2 is 2.00 bits per heavy atom. The fourth-order valence-electron chi connectivity index (χ4n) is 1.93. The van der Waals surface area contributed by atoms with Crippen LogP contribution in [0.5, 0.6) is 0 Å². The normalized spacial score (nSPS) is 10.8. The lowest BCUT2D eigenvalue weighted by Gasteiger charge is -2.08. The SMILES string of the molecule is Cc1ccc(NC(=O)c2sccc2C=CC(=O)O)c(C)c1. The maximum Gasteiger partial charge on any atom is 0.328 e. The standard InChI is InChI=1S/C16H15NO3S/c1-10-3-5-13(11(2)9-10)17-16(20)15-12(7-8-21-15)4-6-14(18)19/h3-9H,1-2H3,(H,17,20)(H,18,19). The highest BCUT2D eigenvalue weighted by Gasteiger charge is 2.13. The van der Waals surface area contributed by atoms with Crippen LogP contribution in [-0.2, 0) is 4.79 Å². The van der Waals surface area contributed by atoms with Gasteiger partial charge < -0.3 is 10.4 Å². The van der Waals surface area contributed by atoms with Gasteiger partial charge in [0.25, 0.3) is 5.91 Å². The second kappa shape index (κ2) is 6.37. The summed E-state index contributed by atoms with van der Waals surface area (Å²) in [6.07, 6.45) is 2.45. The van der Waals surface area contributed by atoms with Gasteiger partial charge in [-0.15, -0.1) is 11.3 Å². The molecule has 2 aromatic rings. The molecule has 21 heavy (non-hydrogen) atoms. The van der Waals surface area contributed by atoms with Crippen LogP contribution in [-0.4, -0.2) is 17.0 Å². The molecule has 2 N–H and O–H groups in total. The molecule has 1 aromatic carbocycles. The molecule has 0 aliphatic rings. The summed E-state index contributed by atoms with van der Waals surface area (Å²) in [5.74, 6) is -1.27. The van der Waals surface area contributed by atoms with Crippen molar-refractivity contribution in [2.45, 2.75) is 13.8 Å². The van der Waals surface area contributed by atoms with Gasteiger partial charge in [-0.2, -0.15) is 0 Å². The van der Waals surface area contributed by atoms with Crippen molar-refractivity contribution in [3.05, 3.63) is 57.3 Å². The Labute approximate surface area is 126 Å². The van der Waals surface area contributed by atoms with Crippen LogP contribution in [0.4, 0.5) is 5.69 Å². The first kappa shape index (κ1) is 15.0. The Hall–Kier alpha value is -2.40.